The molecule has 0 spiro atoms. The number of allylic oxidation sites excluding steroid dienone is 4. The molecule has 0 saturated carbocycles. The molecule has 0 unspecified atom stereocenters. The number of hydrogen-bond acceptors (Lipinski definition) is 3. The minimum absolute atomic E-state index is 0. The molecule has 0 aromatic carbocycles. The second-order valence-electron chi connectivity index (χ2n) is 5.40. The second kappa shape index (κ2) is 19.0. The molecule has 0 radical (unpaired) electrons. The van der Waals surface area contributed by atoms with E-state index < -0.39 is 5.97 Å². The van der Waals surface area contributed by atoms with E-state index in [2.05, 4.69) is 38.2 Å². The number of aliphatic carboxylic acids is 1. The van der Waals surface area contributed by atoms with Crippen molar-refractivity contribution < 1.29 is 39.5 Å². The molecule has 0 amide bonds. The van der Waals surface area contributed by atoms with Crippen molar-refractivity contribution in [2.24, 2.45) is 0 Å². The molecule has 0 N–H and O–H groups in total. The summed E-state index contributed by atoms with van der Waals surface area (Å²) in [6.07, 6.45) is 17.5. The fraction of sp³-hybridized carbons (Fsp3) is 0.722. The van der Waals surface area contributed by atoms with Gasteiger partial charge >= 0.3 is 29.6 Å². The summed E-state index contributed by atoms with van der Waals surface area (Å²) in [5.74, 6) is -0.966. The average Bonchev–Trinajstić information content (AvgIpc) is 2.45. The van der Waals surface area contributed by atoms with E-state index in [-0.39, 0.29) is 36.1 Å². The molecule has 4 heteroatoms. The van der Waals surface area contributed by atoms with Crippen LogP contribution in [0.3, 0.4) is 0 Å². The summed E-state index contributed by atoms with van der Waals surface area (Å²) >= 11 is 0. The van der Waals surface area contributed by atoms with Crippen molar-refractivity contribution in [3.05, 3.63) is 24.3 Å². The first-order chi connectivity index (χ1) is 10.2. The quantitative estimate of drug-likeness (QED) is 0.263. The van der Waals surface area contributed by atoms with Gasteiger partial charge in [0.25, 0.3) is 0 Å². The molecule has 0 saturated heterocycles. The standard InChI is InChI=1S/C18H33NO2.Na/c1-3-5-7-9-11-13-15-19(17-18(20)21)16-14-12-10-8-6-4-2;/h5-8H,3-4,9-17H2,1-2H3,(H,20,21);/q;+1/p-1/b7-5+,8-6+;. The molecule has 0 heterocycles. The van der Waals surface area contributed by atoms with Gasteiger partial charge in [0, 0.05) is 6.54 Å². The van der Waals surface area contributed by atoms with Gasteiger partial charge in [0.1, 0.15) is 0 Å². The van der Waals surface area contributed by atoms with Crippen LogP contribution in [0, 0.1) is 0 Å². The molecule has 0 aliphatic rings. The van der Waals surface area contributed by atoms with E-state index in [0.717, 1.165) is 64.5 Å². The molecule has 0 atom stereocenters. The number of carboxylic acids is 1. The third-order valence-electron chi connectivity index (χ3n) is 3.35. The first kappa shape index (κ1) is 24.2. The summed E-state index contributed by atoms with van der Waals surface area (Å²) in [6.45, 7) is 6.05. The van der Waals surface area contributed by atoms with Crippen molar-refractivity contribution in [1.29, 1.82) is 0 Å². The van der Waals surface area contributed by atoms with E-state index in [1.165, 1.54) is 0 Å². The molecule has 0 aliphatic carbocycles. The van der Waals surface area contributed by atoms with Crippen LogP contribution in [0.1, 0.15) is 65.2 Å². The van der Waals surface area contributed by atoms with Crippen LogP contribution in [0.15, 0.2) is 24.3 Å². The maximum atomic E-state index is 10.8. The molecule has 0 rings (SSSR count). The van der Waals surface area contributed by atoms with Crippen LogP contribution >= 0.6 is 0 Å². The van der Waals surface area contributed by atoms with Gasteiger partial charge in [-0.3, -0.25) is 4.90 Å². The molecule has 0 aromatic heterocycles. The Balaban J connectivity index is 0. The van der Waals surface area contributed by atoms with E-state index >= 15 is 0 Å². The Morgan fingerprint density at radius 3 is 1.68 bits per heavy atom. The van der Waals surface area contributed by atoms with E-state index in [0.29, 0.717) is 0 Å². The van der Waals surface area contributed by atoms with Crippen molar-refractivity contribution in [3.63, 3.8) is 0 Å². The number of carboxylic acid groups (broad SMARTS) is 1. The van der Waals surface area contributed by atoms with Crippen molar-refractivity contribution in [1.82, 2.24) is 4.90 Å². The third-order valence-corrected chi connectivity index (χ3v) is 3.35. The number of carbonyl (C=O) groups excluding carboxylic acids is 1. The zero-order valence-corrected chi connectivity index (χ0v) is 16.9. The normalized spacial score (nSPS) is 11.4. The van der Waals surface area contributed by atoms with Crippen molar-refractivity contribution >= 4 is 5.97 Å². The SMILES string of the molecule is CC/C=C/CCCCN(CCCC/C=C/CC)CC(=O)[O-].[Na+]. The minimum Gasteiger partial charge on any atom is -0.549 e. The average molecular weight is 317 g/mol. The van der Waals surface area contributed by atoms with Gasteiger partial charge in [-0.1, -0.05) is 38.2 Å². The topological polar surface area (TPSA) is 43.4 Å². The maximum absolute atomic E-state index is 10.8. The Morgan fingerprint density at radius 1 is 0.864 bits per heavy atom. The molecule has 22 heavy (non-hydrogen) atoms. The Morgan fingerprint density at radius 2 is 1.32 bits per heavy atom. The Labute approximate surface area is 159 Å². The van der Waals surface area contributed by atoms with E-state index in [1.807, 2.05) is 4.90 Å². The Hall–Kier alpha value is -0.0900. The fourth-order valence-corrected chi connectivity index (χ4v) is 2.22. The van der Waals surface area contributed by atoms with Gasteiger partial charge in [0.2, 0.25) is 0 Å². The zero-order valence-electron chi connectivity index (χ0n) is 14.9. The van der Waals surface area contributed by atoms with Crippen molar-refractivity contribution in [3.8, 4) is 0 Å². The molecular weight excluding hydrogens is 285 g/mol. The van der Waals surface area contributed by atoms with Crippen LogP contribution in [0.4, 0.5) is 0 Å². The Bertz CT molecular complexity index is 281. The second-order valence-corrected chi connectivity index (χ2v) is 5.40. The van der Waals surface area contributed by atoms with Gasteiger partial charge in [-0.05, 0) is 64.5 Å². The van der Waals surface area contributed by atoms with Crippen LogP contribution in [-0.4, -0.2) is 30.5 Å². The summed E-state index contributed by atoms with van der Waals surface area (Å²) in [4.78, 5) is 12.8. The smallest absolute Gasteiger partial charge is 0.549 e. The summed E-state index contributed by atoms with van der Waals surface area (Å²) in [5.41, 5.74) is 0. The molecule has 0 fully saturated rings. The summed E-state index contributed by atoms with van der Waals surface area (Å²) in [7, 11) is 0. The summed E-state index contributed by atoms with van der Waals surface area (Å²) < 4.78 is 0. The number of unbranched alkanes of at least 4 members (excludes halogenated alkanes) is 4. The van der Waals surface area contributed by atoms with Crippen LogP contribution in [-0.2, 0) is 4.79 Å². The van der Waals surface area contributed by atoms with Crippen molar-refractivity contribution in [2.75, 3.05) is 19.6 Å². The Kier molecular flexibility index (Phi) is 20.8. The molecular formula is C18H32NNaO2. The fourth-order valence-electron chi connectivity index (χ4n) is 2.22. The van der Waals surface area contributed by atoms with Gasteiger partial charge in [0.05, 0.1) is 5.97 Å². The van der Waals surface area contributed by atoms with Crippen LogP contribution in [0.25, 0.3) is 0 Å². The number of rotatable bonds is 14. The predicted octanol–water partition coefficient (Wildman–Crippen LogP) is 0.315. The minimum atomic E-state index is -0.966. The van der Waals surface area contributed by atoms with Crippen LogP contribution < -0.4 is 34.7 Å². The largest absolute Gasteiger partial charge is 1.00 e. The molecule has 122 valence electrons. The summed E-state index contributed by atoms with van der Waals surface area (Å²) in [5, 5.41) is 10.8. The monoisotopic (exact) mass is 317 g/mol. The molecule has 0 aromatic rings. The van der Waals surface area contributed by atoms with Crippen LogP contribution in [0.2, 0.25) is 0 Å². The first-order valence-electron chi connectivity index (χ1n) is 8.42. The first-order valence-corrected chi connectivity index (χ1v) is 8.42. The number of nitrogens with zero attached hydrogens (tertiary/aromatic N) is 1. The van der Waals surface area contributed by atoms with Crippen LogP contribution in [0.5, 0.6) is 0 Å². The molecule has 0 aliphatic heterocycles. The van der Waals surface area contributed by atoms with E-state index in [9.17, 15) is 9.90 Å². The molecule has 3 nitrogen and oxygen atoms in total. The summed E-state index contributed by atoms with van der Waals surface area (Å²) in [6, 6.07) is 0. The number of hydrogen-bond donors (Lipinski definition) is 0. The predicted molar refractivity (Wildman–Crippen MR) is 88.0 cm³/mol. The van der Waals surface area contributed by atoms with E-state index in [1.54, 1.807) is 0 Å². The van der Waals surface area contributed by atoms with Gasteiger partial charge in [-0.25, -0.2) is 0 Å². The van der Waals surface area contributed by atoms with Gasteiger partial charge in [-0.2, -0.15) is 0 Å². The zero-order chi connectivity index (χ0) is 15.8. The number of carbonyl (C=O) groups is 1. The van der Waals surface area contributed by atoms with Gasteiger partial charge in [0.15, 0.2) is 0 Å². The van der Waals surface area contributed by atoms with Gasteiger partial charge in [-0.15, -0.1) is 0 Å². The third kappa shape index (κ3) is 18.0. The van der Waals surface area contributed by atoms with E-state index in [4.69, 9.17) is 0 Å². The molecule has 0 bridgehead atoms. The van der Waals surface area contributed by atoms with Crippen molar-refractivity contribution in [2.45, 2.75) is 65.2 Å². The van der Waals surface area contributed by atoms with Gasteiger partial charge < -0.3 is 9.90 Å². The maximum Gasteiger partial charge on any atom is 1.00 e.